The maximum absolute atomic E-state index is 6.19. The van der Waals surface area contributed by atoms with E-state index in [2.05, 4.69) is 203 Å². The van der Waals surface area contributed by atoms with Gasteiger partial charge in [0.2, 0.25) is 0 Å². The first-order chi connectivity index (χ1) is 31.7. The van der Waals surface area contributed by atoms with Gasteiger partial charge in [-0.1, -0.05) is 127 Å². The van der Waals surface area contributed by atoms with Crippen molar-refractivity contribution in [3.05, 3.63) is 218 Å². The van der Waals surface area contributed by atoms with Crippen LogP contribution in [0.5, 0.6) is 0 Å². The van der Waals surface area contributed by atoms with E-state index in [4.69, 9.17) is 8.83 Å². The fraction of sp³-hybridized carbons (Fsp3) is 0. The van der Waals surface area contributed by atoms with Crippen LogP contribution in [-0.4, -0.2) is 9.13 Å². The fourth-order valence-corrected chi connectivity index (χ4v) is 10.4. The van der Waals surface area contributed by atoms with Gasteiger partial charge < -0.3 is 18.0 Å². The number of hydrogen-bond acceptors (Lipinski definition) is 2. The Morgan fingerprint density at radius 2 is 0.703 bits per heavy atom. The molecule has 0 aliphatic heterocycles. The molecule has 298 valence electrons. The summed E-state index contributed by atoms with van der Waals surface area (Å²) >= 11 is 0. The average Bonchev–Trinajstić information content (AvgIpc) is 4.11. The van der Waals surface area contributed by atoms with E-state index in [1.54, 1.807) is 0 Å². The lowest BCUT2D eigenvalue weighted by Gasteiger charge is -2.13. The van der Waals surface area contributed by atoms with Crippen LogP contribution in [0.3, 0.4) is 0 Å². The third-order valence-corrected chi connectivity index (χ3v) is 13.3. The summed E-state index contributed by atoms with van der Waals surface area (Å²) in [5.74, 6) is 0. The minimum Gasteiger partial charge on any atom is -0.456 e. The number of aromatic nitrogens is 2. The lowest BCUT2D eigenvalue weighted by atomic mass is 9.98. The third kappa shape index (κ3) is 5.17. The molecule has 0 radical (unpaired) electrons. The summed E-state index contributed by atoms with van der Waals surface area (Å²) in [5, 5.41) is 9.38. The summed E-state index contributed by atoms with van der Waals surface area (Å²) in [7, 11) is 0. The van der Waals surface area contributed by atoms with Gasteiger partial charge in [-0.05, 0) is 119 Å². The normalized spacial score (nSPS) is 12.1. The molecule has 4 heteroatoms. The maximum atomic E-state index is 6.19. The van der Waals surface area contributed by atoms with Gasteiger partial charge in [-0.2, -0.15) is 0 Å². The van der Waals surface area contributed by atoms with Crippen LogP contribution in [0.2, 0.25) is 0 Å². The molecule has 0 atom stereocenters. The van der Waals surface area contributed by atoms with Crippen LogP contribution < -0.4 is 0 Å². The number of benzene rings is 10. The number of nitrogens with zero attached hydrogens (tertiary/aromatic N) is 2. The van der Waals surface area contributed by atoms with Gasteiger partial charge in [-0.15, -0.1) is 0 Å². The van der Waals surface area contributed by atoms with Gasteiger partial charge in [-0.3, -0.25) is 0 Å². The third-order valence-electron chi connectivity index (χ3n) is 13.3. The molecule has 14 aromatic rings. The van der Waals surface area contributed by atoms with Crippen molar-refractivity contribution in [2.45, 2.75) is 0 Å². The summed E-state index contributed by atoms with van der Waals surface area (Å²) < 4.78 is 17.2. The predicted octanol–water partition coefficient (Wildman–Crippen LogP) is 16.7. The van der Waals surface area contributed by atoms with Gasteiger partial charge in [0.05, 0.1) is 22.1 Å². The molecule has 0 N–H and O–H groups in total. The first kappa shape index (κ1) is 35.0. The highest BCUT2D eigenvalue weighted by molar-refractivity contribution is 6.17. The molecule has 14 rings (SSSR count). The molecule has 0 aliphatic carbocycles. The van der Waals surface area contributed by atoms with Gasteiger partial charge in [0.25, 0.3) is 0 Å². The van der Waals surface area contributed by atoms with Gasteiger partial charge in [-0.25, -0.2) is 0 Å². The van der Waals surface area contributed by atoms with Crippen LogP contribution in [0.1, 0.15) is 0 Å². The minimum atomic E-state index is 0.904. The van der Waals surface area contributed by atoms with Crippen molar-refractivity contribution in [1.82, 2.24) is 9.13 Å². The largest absolute Gasteiger partial charge is 0.456 e. The van der Waals surface area contributed by atoms with E-state index >= 15 is 0 Å². The summed E-state index contributed by atoms with van der Waals surface area (Å²) in [6.07, 6.45) is 0. The Balaban J connectivity index is 0.973. The minimum absolute atomic E-state index is 0.904. The molecule has 4 aromatic heterocycles. The Kier molecular flexibility index (Phi) is 7.36. The molecule has 0 unspecified atom stereocenters. The van der Waals surface area contributed by atoms with Crippen LogP contribution in [0.15, 0.2) is 227 Å². The van der Waals surface area contributed by atoms with Crippen molar-refractivity contribution in [2.24, 2.45) is 0 Å². The average molecular weight is 817 g/mol. The topological polar surface area (TPSA) is 36.1 Å². The Morgan fingerprint density at radius 3 is 1.31 bits per heavy atom. The van der Waals surface area contributed by atoms with E-state index in [-0.39, 0.29) is 0 Å². The van der Waals surface area contributed by atoms with E-state index in [1.807, 2.05) is 24.3 Å². The summed E-state index contributed by atoms with van der Waals surface area (Å²) in [4.78, 5) is 0. The zero-order valence-electron chi connectivity index (χ0n) is 34.5. The molecule has 0 saturated carbocycles. The smallest absolute Gasteiger partial charge is 0.135 e. The van der Waals surface area contributed by atoms with E-state index in [1.165, 1.54) is 54.8 Å². The van der Waals surface area contributed by atoms with Crippen molar-refractivity contribution >= 4 is 87.5 Å². The maximum Gasteiger partial charge on any atom is 0.135 e. The van der Waals surface area contributed by atoms with Crippen LogP contribution in [0, 0.1) is 0 Å². The Labute approximate surface area is 367 Å². The van der Waals surface area contributed by atoms with Crippen LogP contribution in [0.4, 0.5) is 0 Å². The molecule has 0 saturated heterocycles. The standard InChI is InChI=1S/C60H36N2O2/c1-3-12-42(13-4-1)61-53-28-23-37(39-25-30-58-51(34-39)46-16-7-9-20-56(46)63-58)32-49(53)45-27-22-41(36-55(45)61)44-18-11-19-48-50-33-38(24-29-54(50)62(60(44)48)43-14-5-2-6-15-43)40-26-31-59-52(35-40)47-17-8-10-21-57(47)64-59/h1-36H. The Morgan fingerprint density at radius 1 is 0.250 bits per heavy atom. The Hall–Kier alpha value is -8.60. The number of rotatable bonds is 5. The summed E-state index contributed by atoms with van der Waals surface area (Å²) in [6.45, 7) is 0. The molecule has 64 heavy (non-hydrogen) atoms. The number of fused-ring (bicyclic) bond motifs is 12. The van der Waals surface area contributed by atoms with Gasteiger partial charge in [0.1, 0.15) is 22.3 Å². The molecule has 0 bridgehead atoms. The molecule has 0 aliphatic rings. The predicted molar refractivity (Wildman–Crippen MR) is 266 cm³/mol. The van der Waals surface area contributed by atoms with Crippen molar-refractivity contribution in [3.8, 4) is 44.8 Å². The van der Waals surface area contributed by atoms with Crippen LogP contribution in [-0.2, 0) is 0 Å². The second-order valence-electron chi connectivity index (χ2n) is 16.9. The first-order valence-corrected chi connectivity index (χ1v) is 21.8. The molecule has 0 spiro atoms. The number of para-hydroxylation sites is 5. The SMILES string of the molecule is c1ccc(-n2c3ccc(-c4ccc5oc6ccccc6c5c4)cc3c3ccc(-c4cccc5c6cc(-c7ccc8oc9ccccc9c8c7)ccc6n(-c6ccccc6)c45)cc32)cc1. The number of hydrogen-bond donors (Lipinski definition) is 0. The van der Waals surface area contributed by atoms with Crippen LogP contribution in [0.25, 0.3) is 132 Å². The molecule has 0 amide bonds. The highest BCUT2D eigenvalue weighted by atomic mass is 16.3. The molecule has 4 nitrogen and oxygen atoms in total. The van der Waals surface area contributed by atoms with Crippen molar-refractivity contribution in [1.29, 1.82) is 0 Å². The van der Waals surface area contributed by atoms with Crippen LogP contribution >= 0.6 is 0 Å². The number of furan rings is 2. The Bertz CT molecular complexity index is 4180. The molecule has 10 aromatic carbocycles. The van der Waals surface area contributed by atoms with Crippen molar-refractivity contribution in [2.75, 3.05) is 0 Å². The molecular formula is C60H36N2O2. The second kappa shape index (κ2) is 13.4. The lowest BCUT2D eigenvalue weighted by Crippen LogP contribution is -1.96. The molecule has 4 heterocycles. The highest BCUT2D eigenvalue weighted by Gasteiger charge is 2.20. The first-order valence-electron chi connectivity index (χ1n) is 21.8. The zero-order valence-corrected chi connectivity index (χ0v) is 34.5. The fourth-order valence-electron chi connectivity index (χ4n) is 10.4. The van der Waals surface area contributed by atoms with E-state index in [9.17, 15) is 0 Å². The lowest BCUT2D eigenvalue weighted by molar-refractivity contribution is 0.668. The van der Waals surface area contributed by atoms with E-state index in [0.29, 0.717) is 0 Å². The summed E-state index contributed by atoms with van der Waals surface area (Å²) in [6, 6.07) is 78.8. The second-order valence-corrected chi connectivity index (χ2v) is 16.9. The molecule has 0 fully saturated rings. The quantitative estimate of drug-likeness (QED) is 0.173. The highest BCUT2D eigenvalue weighted by Crippen LogP contribution is 2.43. The van der Waals surface area contributed by atoms with Gasteiger partial charge >= 0.3 is 0 Å². The van der Waals surface area contributed by atoms with E-state index in [0.717, 1.165) is 77.5 Å². The zero-order chi connectivity index (χ0) is 41.9. The van der Waals surface area contributed by atoms with Crippen molar-refractivity contribution in [3.63, 3.8) is 0 Å². The van der Waals surface area contributed by atoms with Gasteiger partial charge in [0, 0.05) is 60.0 Å². The molecular weight excluding hydrogens is 781 g/mol. The van der Waals surface area contributed by atoms with Gasteiger partial charge in [0.15, 0.2) is 0 Å². The van der Waals surface area contributed by atoms with Crippen molar-refractivity contribution < 1.29 is 8.83 Å². The summed E-state index contributed by atoms with van der Waals surface area (Å²) in [5.41, 5.74) is 17.6. The van der Waals surface area contributed by atoms with E-state index < -0.39 is 0 Å². The monoisotopic (exact) mass is 816 g/mol.